The van der Waals surface area contributed by atoms with Crippen molar-refractivity contribution < 1.29 is 42.1 Å². The molecule has 0 bridgehead atoms. The van der Waals surface area contributed by atoms with Gasteiger partial charge < -0.3 is 18.9 Å². The molecule has 0 fully saturated rings. The molecule has 0 heterocycles. The molecule has 2 atom stereocenters. The number of hydrogen-bond donors (Lipinski definition) is 1. The fourth-order valence-corrected chi connectivity index (χ4v) is 6.39. The minimum Gasteiger partial charge on any atom is -0.462 e. The minimum absolute atomic E-state index is 0.0255. The number of hydrogen-bond acceptors (Lipinski definition) is 7. The highest BCUT2D eigenvalue weighted by atomic mass is 31.2. The van der Waals surface area contributed by atoms with Crippen LogP contribution in [0, 0.1) is 23.7 Å². The van der Waals surface area contributed by atoms with E-state index in [9.17, 15) is 19.0 Å². The molecule has 0 aliphatic rings. The predicted molar refractivity (Wildman–Crippen MR) is 222 cm³/mol. The van der Waals surface area contributed by atoms with Gasteiger partial charge >= 0.3 is 19.8 Å². The van der Waals surface area contributed by atoms with Gasteiger partial charge in [-0.25, -0.2) is 4.57 Å². The van der Waals surface area contributed by atoms with E-state index < -0.39 is 26.5 Å². The molecule has 0 spiro atoms. The monoisotopic (exact) mass is 783 g/mol. The topological polar surface area (TPSA) is 108 Å². The number of phosphoric ester groups is 1. The van der Waals surface area contributed by atoms with Crippen LogP contribution in [0.2, 0.25) is 0 Å². The zero-order chi connectivity index (χ0) is 40.0. The summed E-state index contributed by atoms with van der Waals surface area (Å²) in [7, 11) is 1.45. The van der Waals surface area contributed by atoms with E-state index in [-0.39, 0.29) is 32.0 Å². The molecule has 314 valence electrons. The molecule has 0 radical (unpaired) electrons. The molecule has 0 amide bonds. The highest BCUT2D eigenvalue weighted by molar-refractivity contribution is 7.47. The first kappa shape index (κ1) is 52.1. The predicted octanol–water partition coefficient (Wildman–Crippen LogP) is 11.3. The van der Waals surface area contributed by atoms with E-state index in [2.05, 4.69) is 37.5 Å². The molecule has 0 aromatic heterocycles. The zero-order valence-electron chi connectivity index (χ0n) is 35.4. The van der Waals surface area contributed by atoms with Gasteiger partial charge in [0.15, 0.2) is 6.10 Å². The second kappa shape index (κ2) is 36.7. The molecular weight excluding hydrogens is 701 g/mol. The van der Waals surface area contributed by atoms with Gasteiger partial charge in [0.05, 0.1) is 27.7 Å². The van der Waals surface area contributed by atoms with Crippen molar-refractivity contribution in [2.75, 3.05) is 47.5 Å². The van der Waals surface area contributed by atoms with Crippen molar-refractivity contribution in [3.63, 3.8) is 0 Å². The number of esters is 2. The van der Waals surface area contributed by atoms with E-state index in [0.29, 0.717) is 17.4 Å². The van der Waals surface area contributed by atoms with Crippen LogP contribution in [0.15, 0.2) is 0 Å². The average molecular weight is 783 g/mol. The molecule has 0 saturated heterocycles. The lowest BCUT2D eigenvalue weighted by Gasteiger charge is -2.24. The summed E-state index contributed by atoms with van der Waals surface area (Å²) in [5, 5.41) is 0. The molecule has 0 saturated carbocycles. The number of rotatable bonds is 36. The highest BCUT2D eigenvalue weighted by Crippen LogP contribution is 2.43. The summed E-state index contributed by atoms with van der Waals surface area (Å²) in [6, 6.07) is 0. The normalized spacial score (nSPS) is 12.9. The fraction of sp³-hybridized carbons (Fsp3) is 0.864. The van der Waals surface area contributed by atoms with Crippen molar-refractivity contribution in [2.45, 2.75) is 200 Å². The zero-order valence-corrected chi connectivity index (χ0v) is 36.3. The SMILES string of the molecule is CCCC#CCCCCCCCCCCCCC(=O)OC[C@H](COP(=O)(O)OCC[N+](C)(C)C)OC(=O)CCCCCCCC#CCCCCCCCC. The Morgan fingerprint density at radius 3 is 1.44 bits per heavy atom. The second-order valence-corrected chi connectivity index (χ2v) is 17.1. The van der Waals surface area contributed by atoms with Gasteiger partial charge in [-0.05, 0) is 38.5 Å². The average Bonchev–Trinajstić information content (AvgIpc) is 3.12. The summed E-state index contributed by atoms with van der Waals surface area (Å²) in [5.74, 6) is 12.2. The molecule has 0 aliphatic heterocycles. The Hall–Kier alpha value is -1.87. The van der Waals surface area contributed by atoms with Gasteiger partial charge in [0, 0.05) is 38.5 Å². The molecule has 0 aliphatic carbocycles. The Labute approximate surface area is 332 Å². The molecular formula is C44H81NO8P+. The summed E-state index contributed by atoms with van der Waals surface area (Å²) < 4.78 is 34.2. The molecule has 0 rings (SSSR count). The lowest BCUT2D eigenvalue weighted by Crippen LogP contribution is -2.37. The second-order valence-electron chi connectivity index (χ2n) is 15.7. The van der Waals surface area contributed by atoms with Crippen LogP contribution >= 0.6 is 7.82 Å². The number of likely N-dealkylation sites (N-methyl/N-ethyl adjacent to an activating group) is 1. The highest BCUT2D eigenvalue weighted by Gasteiger charge is 2.27. The quantitative estimate of drug-likeness (QED) is 0.0220. The molecule has 1 unspecified atom stereocenters. The van der Waals surface area contributed by atoms with E-state index in [1.54, 1.807) is 0 Å². The van der Waals surface area contributed by atoms with Crippen molar-refractivity contribution in [2.24, 2.45) is 0 Å². The van der Waals surface area contributed by atoms with Crippen molar-refractivity contribution in [1.29, 1.82) is 0 Å². The maximum atomic E-state index is 12.7. The van der Waals surface area contributed by atoms with Crippen LogP contribution in [0.3, 0.4) is 0 Å². The van der Waals surface area contributed by atoms with Gasteiger partial charge in [-0.3, -0.25) is 18.6 Å². The van der Waals surface area contributed by atoms with Gasteiger partial charge in [-0.1, -0.05) is 117 Å². The molecule has 10 heteroatoms. The third-order valence-electron chi connectivity index (χ3n) is 9.06. The summed E-state index contributed by atoms with van der Waals surface area (Å²) >= 11 is 0. The first-order valence-electron chi connectivity index (χ1n) is 21.7. The van der Waals surface area contributed by atoms with Crippen LogP contribution in [0.5, 0.6) is 0 Å². The van der Waals surface area contributed by atoms with E-state index >= 15 is 0 Å². The first-order valence-corrected chi connectivity index (χ1v) is 23.2. The number of unbranched alkanes of at least 4 members (excludes halogenated alkanes) is 22. The van der Waals surface area contributed by atoms with Crippen LogP contribution in [0.4, 0.5) is 0 Å². The lowest BCUT2D eigenvalue weighted by molar-refractivity contribution is -0.870. The minimum atomic E-state index is -4.38. The van der Waals surface area contributed by atoms with Crippen LogP contribution in [-0.4, -0.2) is 74.9 Å². The molecule has 54 heavy (non-hydrogen) atoms. The fourth-order valence-electron chi connectivity index (χ4n) is 5.65. The van der Waals surface area contributed by atoms with Gasteiger partial charge in [0.2, 0.25) is 0 Å². The van der Waals surface area contributed by atoms with E-state index in [4.69, 9.17) is 18.5 Å². The van der Waals surface area contributed by atoms with Gasteiger partial charge in [0.1, 0.15) is 19.8 Å². The Kier molecular flexibility index (Phi) is 35.5. The van der Waals surface area contributed by atoms with Crippen molar-refractivity contribution in [1.82, 2.24) is 0 Å². The Morgan fingerprint density at radius 1 is 0.556 bits per heavy atom. The van der Waals surface area contributed by atoms with Crippen molar-refractivity contribution >= 4 is 19.8 Å². The third-order valence-corrected chi connectivity index (χ3v) is 10.0. The maximum Gasteiger partial charge on any atom is 0.472 e. The van der Waals surface area contributed by atoms with Gasteiger partial charge in [-0.15, -0.1) is 23.7 Å². The number of phosphoric acid groups is 1. The summed E-state index contributed by atoms with van der Waals surface area (Å²) in [5.41, 5.74) is 0. The number of carbonyl (C=O) groups excluding carboxylic acids is 2. The number of ether oxygens (including phenoxy) is 2. The molecule has 0 aromatic carbocycles. The van der Waals surface area contributed by atoms with Crippen LogP contribution < -0.4 is 0 Å². The van der Waals surface area contributed by atoms with Crippen LogP contribution in [0.1, 0.15) is 194 Å². The first-order chi connectivity index (χ1) is 26.0. The number of carbonyl (C=O) groups is 2. The van der Waals surface area contributed by atoms with Crippen molar-refractivity contribution in [3.05, 3.63) is 0 Å². The lowest BCUT2D eigenvalue weighted by atomic mass is 10.1. The standard InChI is InChI=1S/C44H80NO8P/c1-6-8-10-12-14-16-18-20-22-24-26-28-30-32-34-36-43(46)50-40-42(41-52-54(48,49)51-39-38-45(3,4)5)53-44(47)37-35-33-31-29-27-25-23-21-19-17-15-13-11-9-7-2/h42H,6-9,11,13-20,22,24-41H2,1-5H3/p+1/t42-/m1/s1. The Bertz CT molecular complexity index is 1080. The molecule has 0 aromatic rings. The number of quaternary nitrogens is 1. The molecule has 9 nitrogen and oxygen atoms in total. The Balaban J connectivity index is 4.38. The Morgan fingerprint density at radius 2 is 0.981 bits per heavy atom. The van der Waals surface area contributed by atoms with Gasteiger partial charge in [-0.2, -0.15) is 0 Å². The van der Waals surface area contributed by atoms with E-state index in [1.165, 1.54) is 83.5 Å². The number of nitrogens with zero attached hydrogens (tertiary/aromatic N) is 1. The van der Waals surface area contributed by atoms with E-state index in [1.807, 2.05) is 21.1 Å². The largest absolute Gasteiger partial charge is 0.472 e. The summed E-state index contributed by atoms with van der Waals surface area (Å²) in [4.78, 5) is 35.3. The van der Waals surface area contributed by atoms with E-state index in [0.717, 1.165) is 77.0 Å². The summed E-state index contributed by atoms with van der Waals surface area (Å²) in [6.45, 7) is 4.27. The molecule has 1 N–H and O–H groups in total. The smallest absolute Gasteiger partial charge is 0.462 e. The maximum absolute atomic E-state index is 12.7. The van der Waals surface area contributed by atoms with Crippen LogP contribution in [0.25, 0.3) is 0 Å². The third kappa shape index (κ3) is 39.8. The van der Waals surface area contributed by atoms with Gasteiger partial charge in [0.25, 0.3) is 0 Å². The van der Waals surface area contributed by atoms with Crippen molar-refractivity contribution in [3.8, 4) is 23.7 Å². The summed E-state index contributed by atoms with van der Waals surface area (Å²) in [6.07, 6.45) is 28.5. The van der Waals surface area contributed by atoms with Crippen LogP contribution in [-0.2, 0) is 32.7 Å².